The number of aromatic nitrogens is 1. The average Bonchev–Trinajstić information content (AvgIpc) is 3.22. The van der Waals surface area contributed by atoms with E-state index in [1.54, 1.807) is 0 Å². The van der Waals surface area contributed by atoms with Crippen molar-refractivity contribution in [3.8, 4) is 0 Å². The minimum Gasteiger partial charge on any atom is -0.394 e. The number of rotatable bonds is 4. The van der Waals surface area contributed by atoms with Gasteiger partial charge in [0.05, 0.1) is 6.61 Å². The summed E-state index contributed by atoms with van der Waals surface area (Å²) in [7, 11) is 2.22. The number of halogens is 1. The molecule has 1 spiro atoms. The van der Waals surface area contributed by atoms with Crippen molar-refractivity contribution in [3.05, 3.63) is 17.3 Å². The predicted molar refractivity (Wildman–Crippen MR) is 86.2 cm³/mol. The minimum atomic E-state index is -0.0360. The molecule has 5 nitrogen and oxygen atoms in total. The molecule has 1 aromatic heterocycles. The van der Waals surface area contributed by atoms with Gasteiger partial charge >= 0.3 is 0 Å². The second-order valence-electron chi connectivity index (χ2n) is 6.33. The van der Waals surface area contributed by atoms with Crippen molar-refractivity contribution in [2.75, 3.05) is 43.5 Å². The van der Waals surface area contributed by atoms with Gasteiger partial charge in [0.1, 0.15) is 11.0 Å². The van der Waals surface area contributed by atoms with Crippen LogP contribution in [0.25, 0.3) is 0 Å². The molecule has 2 heterocycles. The van der Waals surface area contributed by atoms with Crippen LogP contribution in [0, 0.1) is 0 Å². The molecule has 3 rings (SSSR count). The van der Waals surface area contributed by atoms with Crippen LogP contribution in [0.15, 0.2) is 12.1 Å². The average molecular weight is 311 g/mol. The Hall–Kier alpha value is -1.04. The Kier molecular flexibility index (Phi) is 3.99. The molecule has 1 aliphatic carbocycles. The van der Waals surface area contributed by atoms with Gasteiger partial charge in [0.15, 0.2) is 0 Å². The quantitative estimate of drug-likeness (QED) is 0.831. The highest BCUT2D eigenvalue weighted by molar-refractivity contribution is 6.29. The molecule has 116 valence electrons. The molecule has 0 aromatic carbocycles. The smallest absolute Gasteiger partial charge is 0.133 e. The Labute approximate surface area is 130 Å². The molecule has 0 bridgehead atoms. The van der Waals surface area contributed by atoms with Gasteiger partial charge < -0.3 is 15.3 Å². The first kappa shape index (κ1) is 14.9. The number of hydrogen-bond acceptors (Lipinski definition) is 5. The third-order valence-corrected chi connectivity index (χ3v) is 4.83. The maximum absolute atomic E-state index is 9.15. The maximum Gasteiger partial charge on any atom is 0.133 e. The number of piperazine rings is 1. The summed E-state index contributed by atoms with van der Waals surface area (Å²) in [5, 5.41) is 12.8. The van der Waals surface area contributed by atoms with E-state index >= 15 is 0 Å². The van der Waals surface area contributed by atoms with Crippen LogP contribution in [0.5, 0.6) is 0 Å². The van der Waals surface area contributed by atoms with Gasteiger partial charge in [-0.25, -0.2) is 4.98 Å². The highest BCUT2D eigenvalue weighted by Crippen LogP contribution is 2.44. The zero-order valence-electron chi connectivity index (χ0n) is 12.6. The fourth-order valence-electron chi connectivity index (χ4n) is 3.01. The van der Waals surface area contributed by atoms with E-state index in [1.807, 2.05) is 19.1 Å². The van der Waals surface area contributed by atoms with E-state index in [9.17, 15) is 0 Å². The Balaban J connectivity index is 1.78. The first-order valence-electron chi connectivity index (χ1n) is 7.54. The van der Waals surface area contributed by atoms with E-state index in [1.165, 1.54) is 12.8 Å². The summed E-state index contributed by atoms with van der Waals surface area (Å²) in [6, 6.07) is 3.92. The summed E-state index contributed by atoms with van der Waals surface area (Å²) in [5.41, 5.74) is 1.49. The van der Waals surface area contributed by atoms with Gasteiger partial charge in [-0.05, 0) is 32.9 Å². The zero-order chi connectivity index (χ0) is 15.0. The molecule has 1 aromatic rings. The molecule has 2 aliphatic rings. The van der Waals surface area contributed by atoms with Crippen molar-refractivity contribution in [1.82, 2.24) is 9.88 Å². The number of pyridine rings is 1. The standard InChI is InChI=1S/C15H23ClN4O/c1-11(9-21)17-14-8-12(7-13(16)18-14)20-6-5-19(2)15(10-20)3-4-15/h7-8,11,21H,3-6,9-10H2,1-2H3,(H,17,18)/t11-/m0/s1. The Bertz CT molecular complexity index is 520. The van der Waals surface area contributed by atoms with E-state index in [0.29, 0.717) is 10.7 Å². The van der Waals surface area contributed by atoms with Crippen molar-refractivity contribution >= 4 is 23.1 Å². The van der Waals surface area contributed by atoms with Crippen LogP contribution < -0.4 is 10.2 Å². The molecule has 0 unspecified atom stereocenters. The van der Waals surface area contributed by atoms with Crippen LogP contribution in [0.4, 0.5) is 11.5 Å². The van der Waals surface area contributed by atoms with E-state index < -0.39 is 0 Å². The summed E-state index contributed by atoms with van der Waals surface area (Å²) < 4.78 is 0. The normalized spacial score (nSPS) is 22.4. The summed E-state index contributed by atoms with van der Waals surface area (Å²) in [4.78, 5) is 9.17. The molecule has 2 fully saturated rings. The third kappa shape index (κ3) is 3.10. The minimum absolute atomic E-state index is 0.0360. The fourth-order valence-corrected chi connectivity index (χ4v) is 3.21. The monoisotopic (exact) mass is 310 g/mol. The molecule has 1 saturated carbocycles. The van der Waals surface area contributed by atoms with Crippen LogP contribution in [0.3, 0.4) is 0 Å². The summed E-state index contributed by atoms with van der Waals surface area (Å²) in [5.74, 6) is 0.725. The van der Waals surface area contributed by atoms with E-state index in [0.717, 1.165) is 31.1 Å². The van der Waals surface area contributed by atoms with Crippen LogP contribution in [-0.4, -0.2) is 59.9 Å². The van der Waals surface area contributed by atoms with Gasteiger partial charge in [0.25, 0.3) is 0 Å². The molecule has 2 N–H and O–H groups in total. The van der Waals surface area contributed by atoms with E-state index in [-0.39, 0.29) is 12.6 Å². The number of hydrogen-bond donors (Lipinski definition) is 2. The summed E-state index contributed by atoms with van der Waals surface area (Å²) in [6.45, 7) is 5.13. The Morgan fingerprint density at radius 2 is 2.19 bits per heavy atom. The maximum atomic E-state index is 9.15. The number of aliphatic hydroxyl groups excluding tert-OH is 1. The number of anilines is 2. The first-order valence-corrected chi connectivity index (χ1v) is 7.91. The van der Waals surface area contributed by atoms with Crippen LogP contribution >= 0.6 is 11.6 Å². The summed E-state index contributed by atoms with van der Waals surface area (Å²) in [6.07, 6.45) is 2.57. The topological polar surface area (TPSA) is 51.6 Å². The van der Waals surface area contributed by atoms with Gasteiger partial charge in [-0.15, -0.1) is 0 Å². The lowest BCUT2D eigenvalue weighted by Gasteiger charge is -2.41. The molecule has 1 aliphatic heterocycles. The second-order valence-corrected chi connectivity index (χ2v) is 6.72. The largest absolute Gasteiger partial charge is 0.394 e. The molecule has 0 amide bonds. The number of nitrogens with zero attached hydrogens (tertiary/aromatic N) is 3. The number of likely N-dealkylation sites (N-methyl/N-ethyl adjacent to an activating group) is 1. The van der Waals surface area contributed by atoms with Crippen molar-refractivity contribution in [3.63, 3.8) is 0 Å². The predicted octanol–water partition coefficient (Wildman–Crippen LogP) is 1.81. The second kappa shape index (κ2) is 5.63. The lowest BCUT2D eigenvalue weighted by Crippen LogP contribution is -2.53. The lowest BCUT2D eigenvalue weighted by molar-refractivity contribution is 0.199. The van der Waals surface area contributed by atoms with Gasteiger partial charge in [-0.2, -0.15) is 0 Å². The van der Waals surface area contributed by atoms with Crippen LogP contribution in [0.1, 0.15) is 19.8 Å². The van der Waals surface area contributed by atoms with Crippen LogP contribution in [-0.2, 0) is 0 Å². The molecule has 21 heavy (non-hydrogen) atoms. The van der Waals surface area contributed by atoms with Gasteiger partial charge in [-0.1, -0.05) is 11.6 Å². The SMILES string of the molecule is C[C@@H](CO)Nc1cc(N2CCN(C)C3(CC3)C2)cc(Cl)n1. The molecule has 6 heteroatoms. The van der Waals surface area contributed by atoms with Gasteiger partial charge in [0, 0.05) is 43.0 Å². The third-order valence-electron chi connectivity index (χ3n) is 4.64. The van der Waals surface area contributed by atoms with Crippen molar-refractivity contribution < 1.29 is 5.11 Å². The van der Waals surface area contributed by atoms with Crippen molar-refractivity contribution in [2.45, 2.75) is 31.3 Å². The molecular weight excluding hydrogens is 288 g/mol. The molecule has 0 radical (unpaired) electrons. The number of aliphatic hydroxyl groups is 1. The van der Waals surface area contributed by atoms with Gasteiger partial charge in [-0.3, -0.25) is 4.90 Å². The van der Waals surface area contributed by atoms with E-state index in [2.05, 4.69) is 27.1 Å². The Morgan fingerprint density at radius 3 is 2.86 bits per heavy atom. The molecule has 1 atom stereocenters. The van der Waals surface area contributed by atoms with Crippen molar-refractivity contribution in [1.29, 1.82) is 0 Å². The number of nitrogens with one attached hydrogen (secondary N) is 1. The highest BCUT2D eigenvalue weighted by atomic mass is 35.5. The summed E-state index contributed by atoms with van der Waals surface area (Å²) >= 11 is 6.16. The first-order chi connectivity index (χ1) is 10.0. The van der Waals surface area contributed by atoms with Gasteiger partial charge in [0.2, 0.25) is 0 Å². The van der Waals surface area contributed by atoms with Crippen LogP contribution in [0.2, 0.25) is 5.15 Å². The lowest BCUT2D eigenvalue weighted by atomic mass is 10.1. The zero-order valence-corrected chi connectivity index (χ0v) is 13.4. The van der Waals surface area contributed by atoms with E-state index in [4.69, 9.17) is 16.7 Å². The van der Waals surface area contributed by atoms with Crippen molar-refractivity contribution in [2.24, 2.45) is 0 Å². The molecular formula is C15H23ClN4O. The fraction of sp³-hybridized carbons (Fsp3) is 0.667. The highest BCUT2D eigenvalue weighted by Gasteiger charge is 2.49. The molecule has 1 saturated heterocycles. The Morgan fingerprint density at radius 1 is 1.43 bits per heavy atom.